The minimum Gasteiger partial charge on any atom is -0.497 e. The Morgan fingerprint density at radius 3 is 2.62 bits per heavy atom. The molecule has 4 rings (SSSR count). The van der Waals surface area contributed by atoms with E-state index in [2.05, 4.69) is 6.08 Å². The molecule has 0 unspecified atom stereocenters. The first-order valence-electron chi connectivity index (χ1n) is 10.4. The lowest BCUT2D eigenvalue weighted by atomic mass is 9.80. The number of morpholine rings is 1. The maximum Gasteiger partial charge on any atom is 0.238 e. The number of allylic oxidation sites excluding steroid dienone is 2. The third-order valence-corrected chi connectivity index (χ3v) is 6.28. The zero-order valence-electron chi connectivity index (χ0n) is 17.1. The summed E-state index contributed by atoms with van der Waals surface area (Å²) < 4.78 is 16.2. The number of imide groups is 1. The molecule has 2 amide bonds. The van der Waals surface area contributed by atoms with Crippen molar-refractivity contribution in [1.82, 2.24) is 0 Å². The molecule has 1 aromatic rings. The van der Waals surface area contributed by atoms with Gasteiger partial charge in [-0.1, -0.05) is 0 Å². The fourth-order valence-corrected chi connectivity index (χ4v) is 4.83. The molecule has 7 heteroatoms. The summed E-state index contributed by atoms with van der Waals surface area (Å²) >= 11 is 0. The number of quaternary nitrogens is 1. The molecule has 0 radical (unpaired) electrons. The zero-order chi connectivity index (χ0) is 20.4. The van der Waals surface area contributed by atoms with Gasteiger partial charge in [0.05, 0.1) is 39.0 Å². The molecule has 1 aromatic carbocycles. The number of ether oxygens (including phenoxy) is 3. The van der Waals surface area contributed by atoms with E-state index in [1.54, 1.807) is 25.3 Å². The summed E-state index contributed by atoms with van der Waals surface area (Å²) in [5.41, 5.74) is 1.76. The second-order valence-electron chi connectivity index (χ2n) is 7.83. The molecule has 1 N–H and O–H groups in total. The van der Waals surface area contributed by atoms with Crippen LogP contribution in [0.2, 0.25) is 0 Å². The predicted octanol–water partition coefficient (Wildman–Crippen LogP) is 1.18. The van der Waals surface area contributed by atoms with Crippen LogP contribution in [0.5, 0.6) is 11.5 Å². The largest absolute Gasteiger partial charge is 0.497 e. The van der Waals surface area contributed by atoms with Crippen molar-refractivity contribution in [3.63, 3.8) is 0 Å². The number of anilines is 1. The zero-order valence-corrected chi connectivity index (χ0v) is 17.1. The van der Waals surface area contributed by atoms with Gasteiger partial charge in [0.25, 0.3) is 0 Å². The second kappa shape index (κ2) is 8.55. The molecule has 156 valence electrons. The molecular weight excluding hydrogens is 372 g/mol. The van der Waals surface area contributed by atoms with Crippen LogP contribution in [0.3, 0.4) is 0 Å². The first-order valence-corrected chi connectivity index (χ1v) is 10.4. The Bertz CT molecular complexity index is 815. The Morgan fingerprint density at radius 1 is 1.10 bits per heavy atom. The number of carbonyl (C=O) groups is 2. The Labute approximate surface area is 171 Å². The molecule has 2 atom stereocenters. The van der Waals surface area contributed by atoms with E-state index >= 15 is 0 Å². The molecule has 2 heterocycles. The van der Waals surface area contributed by atoms with Gasteiger partial charge < -0.3 is 19.1 Å². The standard InChI is InChI=1S/C22H28N2O5/c1-27-15-7-8-20(28-2)19(13-15)24-21(25)14-17(22(24)26)16-5-3-4-6-18(16)23-9-11-29-12-10-23/h6-8,13,16-17H,3-5,9-12,14H2,1-2H3/p+1/t16-,17+/m1/s1. The molecule has 0 spiro atoms. The highest BCUT2D eigenvalue weighted by atomic mass is 16.5. The lowest BCUT2D eigenvalue weighted by Gasteiger charge is -2.34. The number of carbonyl (C=O) groups excluding carboxylic acids is 2. The maximum atomic E-state index is 13.5. The Morgan fingerprint density at radius 2 is 1.90 bits per heavy atom. The molecule has 0 aromatic heterocycles. The fraction of sp³-hybridized carbons (Fsp3) is 0.545. The van der Waals surface area contributed by atoms with Crippen LogP contribution < -0.4 is 19.3 Å². The maximum absolute atomic E-state index is 13.5. The predicted molar refractivity (Wildman–Crippen MR) is 107 cm³/mol. The topological polar surface area (TPSA) is 69.5 Å². The SMILES string of the molecule is COc1ccc(OC)c(N2C(=O)C[C@@H]([C@H]3CCCC=C3[NH+]3CCOCC3)C2=O)c1. The van der Waals surface area contributed by atoms with Crippen LogP contribution in [0.4, 0.5) is 5.69 Å². The van der Waals surface area contributed by atoms with Gasteiger partial charge in [0, 0.05) is 18.4 Å². The number of hydrogen-bond acceptors (Lipinski definition) is 5. The van der Waals surface area contributed by atoms with Crippen molar-refractivity contribution in [2.24, 2.45) is 11.8 Å². The van der Waals surface area contributed by atoms with E-state index in [1.165, 1.54) is 22.6 Å². The summed E-state index contributed by atoms with van der Waals surface area (Å²) in [4.78, 5) is 29.1. The van der Waals surface area contributed by atoms with Crippen LogP contribution in [-0.4, -0.2) is 52.3 Å². The number of methoxy groups -OCH3 is 2. The monoisotopic (exact) mass is 401 g/mol. The first-order chi connectivity index (χ1) is 14.1. The van der Waals surface area contributed by atoms with Gasteiger partial charge in [-0.05, 0) is 37.5 Å². The molecule has 0 saturated carbocycles. The van der Waals surface area contributed by atoms with E-state index in [9.17, 15) is 9.59 Å². The first kappa shape index (κ1) is 19.9. The van der Waals surface area contributed by atoms with Crippen LogP contribution in [0, 0.1) is 11.8 Å². The van der Waals surface area contributed by atoms with Gasteiger partial charge in [-0.3, -0.25) is 9.59 Å². The average Bonchev–Trinajstić information content (AvgIpc) is 3.07. The van der Waals surface area contributed by atoms with Gasteiger partial charge in [0.1, 0.15) is 30.3 Å². The summed E-state index contributed by atoms with van der Waals surface area (Å²) in [6.07, 6.45) is 5.58. The van der Waals surface area contributed by atoms with Crippen LogP contribution in [0.1, 0.15) is 25.7 Å². The van der Waals surface area contributed by atoms with Crippen molar-refractivity contribution >= 4 is 17.5 Å². The van der Waals surface area contributed by atoms with Gasteiger partial charge in [-0.15, -0.1) is 0 Å². The number of amides is 2. The van der Waals surface area contributed by atoms with Gasteiger partial charge in [-0.25, -0.2) is 4.90 Å². The quantitative estimate of drug-likeness (QED) is 0.751. The highest BCUT2D eigenvalue weighted by Crippen LogP contribution is 2.41. The van der Waals surface area contributed by atoms with E-state index in [-0.39, 0.29) is 30.1 Å². The molecule has 2 fully saturated rings. The molecule has 1 aliphatic carbocycles. The Balaban J connectivity index is 1.62. The van der Waals surface area contributed by atoms with Crippen LogP contribution in [0.25, 0.3) is 0 Å². The number of hydrogen-bond donors (Lipinski definition) is 1. The highest BCUT2D eigenvalue weighted by molar-refractivity contribution is 6.21. The lowest BCUT2D eigenvalue weighted by Crippen LogP contribution is -3.13. The summed E-state index contributed by atoms with van der Waals surface area (Å²) in [7, 11) is 3.10. The van der Waals surface area contributed by atoms with Crippen molar-refractivity contribution < 1.29 is 28.7 Å². The van der Waals surface area contributed by atoms with Crippen molar-refractivity contribution in [1.29, 1.82) is 0 Å². The normalized spacial score (nSPS) is 25.9. The highest BCUT2D eigenvalue weighted by Gasteiger charge is 2.48. The molecular formula is C22H29N2O5+. The van der Waals surface area contributed by atoms with Gasteiger partial charge in [0.15, 0.2) is 0 Å². The summed E-state index contributed by atoms with van der Waals surface area (Å²) in [6.45, 7) is 3.32. The number of nitrogens with zero attached hydrogens (tertiary/aromatic N) is 1. The van der Waals surface area contributed by atoms with Gasteiger partial charge in [-0.2, -0.15) is 0 Å². The van der Waals surface area contributed by atoms with Crippen LogP contribution in [0.15, 0.2) is 30.0 Å². The van der Waals surface area contributed by atoms with Crippen molar-refractivity contribution in [2.45, 2.75) is 25.7 Å². The summed E-state index contributed by atoms with van der Waals surface area (Å²) in [6, 6.07) is 5.18. The molecule has 3 aliphatic rings. The van der Waals surface area contributed by atoms with Crippen LogP contribution in [-0.2, 0) is 14.3 Å². The van der Waals surface area contributed by atoms with Crippen molar-refractivity contribution in [3.05, 3.63) is 30.0 Å². The number of benzene rings is 1. The molecule has 7 nitrogen and oxygen atoms in total. The summed E-state index contributed by atoms with van der Waals surface area (Å²) in [5.74, 6) is 0.558. The molecule has 2 aliphatic heterocycles. The van der Waals surface area contributed by atoms with Crippen LogP contribution >= 0.6 is 0 Å². The molecule has 0 bridgehead atoms. The lowest BCUT2D eigenvalue weighted by molar-refractivity contribution is -0.874. The average molecular weight is 401 g/mol. The minimum atomic E-state index is -0.319. The summed E-state index contributed by atoms with van der Waals surface area (Å²) in [5, 5.41) is 0. The van der Waals surface area contributed by atoms with E-state index in [0.29, 0.717) is 17.2 Å². The number of rotatable bonds is 5. The van der Waals surface area contributed by atoms with E-state index < -0.39 is 0 Å². The Kier molecular flexibility index (Phi) is 5.87. The number of nitrogens with one attached hydrogen (secondary N) is 1. The van der Waals surface area contributed by atoms with Crippen molar-refractivity contribution in [3.8, 4) is 11.5 Å². The van der Waals surface area contributed by atoms with E-state index in [0.717, 1.165) is 45.6 Å². The van der Waals surface area contributed by atoms with E-state index in [1.807, 2.05) is 0 Å². The molecule has 29 heavy (non-hydrogen) atoms. The third kappa shape index (κ3) is 3.76. The van der Waals surface area contributed by atoms with Gasteiger partial charge in [0.2, 0.25) is 11.8 Å². The third-order valence-electron chi connectivity index (χ3n) is 6.28. The van der Waals surface area contributed by atoms with E-state index in [4.69, 9.17) is 14.2 Å². The Hall–Kier alpha value is -2.38. The minimum absolute atomic E-state index is 0.106. The van der Waals surface area contributed by atoms with Gasteiger partial charge >= 0.3 is 0 Å². The van der Waals surface area contributed by atoms with Crippen molar-refractivity contribution in [2.75, 3.05) is 45.4 Å². The molecule has 2 saturated heterocycles. The smallest absolute Gasteiger partial charge is 0.238 e. The second-order valence-corrected chi connectivity index (χ2v) is 7.83. The fourth-order valence-electron chi connectivity index (χ4n) is 4.83.